The molecule has 0 unspecified atom stereocenters. The van der Waals surface area contributed by atoms with Crippen molar-refractivity contribution in [1.29, 1.82) is 0 Å². The van der Waals surface area contributed by atoms with Crippen molar-refractivity contribution in [3.63, 3.8) is 0 Å². The first-order valence-corrected chi connectivity index (χ1v) is 10.9. The molecule has 2 aliphatic heterocycles. The lowest BCUT2D eigenvalue weighted by atomic mass is 10.2. The monoisotopic (exact) mass is 475 g/mol. The number of nitrogens with one attached hydrogen (secondary N) is 1. The largest absolute Gasteiger partial charge is 0.442 e. The molecule has 0 saturated carbocycles. The minimum atomic E-state index is -3.19. The number of amides is 2. The van der Waals surface area contributed by atoms with Gasteiger partial charge < -0.3 is 15.0 Å². The average molecular weight is 475 g/mol. The van der Waals surface area contributed by atoms with E-state index < -0.39 is 36.2 Å². The third kappa shape index (κ3) is 6.05. The summed E-state index contributed by atoms with van der Waals surface area (Å²) in [6.07, 6.45) is -2.79. The van der Waals surface area contributed by atoms with Crippen molar-refractivity contribution in [3.8, 4) is 0 Å². The van der Waals surface area contributed by atoms with Crippen molar-refractivity contribution in [2.24, 2.45) is 0 Å². The van der Waals surface area contributed by atoms with Crippen LogP contribution < -0.4 is 15.1 Å². The fraction of sp³-hybridized carbons (Fsp3) is 0.619. The summed E-state index contributed by atoms with van der Waals surface area (Å²) in [5.74, 6) is -3.12. The molecule has 1 atom stereocenters. The van der Waals surface area contributed by atoms with Crippen LogP contribution >= 0.6 is 0 Å². The van der Waals surface area contributed by atoms with Gasteiger partial charge >= 0.3 is 12.5 Å². The highest BCUT2D eigenvalue weighted by molar-refractivity contribution is 5.90. The van der Waals surface area contributed by atoms with E-state index in [1.165, 1.54) is 0 Å². The van der Waals surface area contributed by atoms with Crippen LogP contribution in [-0.4, -0.2) is 87.4 Å². The van der Waals surface area contributed by atoms with Gasteiger partial charge in [-0.3, -0.25) is 9.69 Å². The SMILES string of the molecule is CCN(CCN1CCCCN1C)c1c(F)cc(N2C[C@H](CNC(=O)C(F)F)OC2=O)cc1F. The van der Waals surface area contributed by atoms with Gasteiger partial charge in [-0.2, -0.15) is 8.78 Å². The first kappa shape index (κ1) is 25.0. The number of ether oxygens (including phenoxy) is 1. The number of benzene rings is 1. The Morgan fingerprint density at radius 2 is 1.91 bits per heavy atom. The van der Waals surface area contributed by atoms with Crippen molar-refractivity contribution >= 4 is 23.4 Å². The predicted octanol–water partition coefficient (Wildman–Crippen LogP) is 2.44. The van der Waals surface area contributed by atoms with Gasteiger partial charge in [0.1, 0.15) is 11.8 Å². The maximum absolute atomic E-state index is 15.0. The molecular weight excluding hydrogens is 446 g/mol. The van der Waals surface area contributed by atoms with Crippen molar-refractivity contribution in [3.05, 3.63) is 23.8 Å². The standard InChI is InChI=1S/C21H29F4N5O3/c1-3-28(8-9-29-7-5-4-6-27(29)2)18-16(22)10-14(11-17(18)23)30-13-15(33-21(30)32)12-26-20(31)19(24)25/h10-11,15,19H,3-9,12-13H2,1-2H3,(H,26,31)/t15-/m0/s1. The van der Waals surface area contributed by atoms with Gasteiger partial charge in [0.05, 0.1) is 18.8 Å². The van der Waals surface area contributed by atoms with Crippen LogP contribution in [0.2, 0.25) is 0 Å². The Labute approximate surface area is 190 Å². The number of rotatable bonds is 9. The van der Waals surface area contributed by atoms with Gasteiger partial charge in [-0.15, -0.1) is 0 Å². The van der Waals surface area contributed by atoms with E-state index in [0.29, 0.717) is 19.6 Å². The van der Waals surface area contributed by atoms with E-state index in [4.69, 9.17) is 4.74 Å². The van der Waals surface area contributed by atoms with Gasteiger partial charge in [0, 0.05) is 51.9 Å². The zero-order valence-electron chi connectivity index (χ0n) is 18.7. The van der Waals surface area contributed by atoms with Crippen molar-refractivity contribution in [2.45, 2.75) is 32.3 Å². The van der Waals surface area contributed by atoms with Crippen molar-refractivity contribution in [1.82, 2.24) is 15.3 Å². The molecule has 2 fully saturated rings. The van der Waals surface area contributed by atoms with Crippen molar-refractivity contribution < 1.29 is 31.9 Å². The first-order chi connectivity index (χ1) is 15.7. The molecule has 2 saturated heterocycles. The van der Waals surface area contributed by atoms with Gasteiger partial charge in [-0.05, 0) is 19.8 Å². The summed E-state index contributed by atoms with van der Waals surface area (Å²) in [5.41, 5.74) is -0.220. The van der Waals surface area contributed by atoms with E-state index in [1.54, 1.807) is 4.90 Å². The molecule has 1 aromatic carbocycles. The minimum Gasteiger partial charge on any atom is -0.442 e. The third-order valence-electron chi connectivity index (χ3n) is 5.85. The molecule has 0 spiro atoms. The lowest BCUT2D eigenvalue weighted by Gasteiger charge is -2.37. The number of hydrogen-bond donors (Lipinski definition) is 1. The molecule has 8 nitrogen and oxygen atoms in total. The molecule has 12 heteroatoms. The second-order valence-corrected chi connectivity index (χ2v) is 8.04. The minimum absolute atomic E-state index is 0.0479. The quantitative estimate of drug-likeness (QED) is 0.554. The Morgan fingerprint density at radius 3 is 2.52 bits per heavy atom. The Kier molecular flexibility index (Phi) is 8.35. The Bertz CT molecular complexity index is 836. The molecule has 0 bridgehead atoms. The molecule has 1 N–H and O–H groups in total. The smallest absolute Gasteiger partial charge is 0.414 e. The number of halogens is 4. The highest BCUT2D eigenvalue weighted by atomic mass is 19.3. The summed E-state index contributed by atoms with van der Waals surface area (Å²) in [6.45, 7) is 4.62. The molecular formula is C21H29F4N5O3. The zero-order chi connectivity index (χ0) is 24.1. The van der Waals surface area contributed by atoms with E-state index in [0.717, 1.165) is 43.0 Å². The number of likely N-dealkylation sites (N-methyl/N-ethyl adjacent to an activating group) is 1. The topological polar surface area (TPSA) is 68.4 Å². The summed E-state index contributed by atoms with van der Waals surface area (Å²) in [4.78, 5) is 25.8. The van der Waals surface area contributed by atoms with E-state index in [9.17, 15) is 27.2 Å². The molecule has 0 radical (unpaired) electrons. The lowest BCUT2D eigenvalue weighted by Crippen LogP contribution is -2.48. The molecule has 2 amide bonds. The number of anilines is 2. The molecule has 3 rings (SSSR count). The second kappa shape index (κ2) is 11.0. The highest BCUT2D eigenvalue weighted by Gasteiger charge is 2.34. The molecule has 33 heavy (non-hydrogen) atoms. The van der Waals surface area contributed by atoms with Gasteiger partial charge in [-0.25, -0.2) is 23.6 Å². The first-order valence-electron chi connectivity index (χ1n) is 10.9. The van der Waals surface area contributed by atoms with Gasteiger partial charge in [-0.1, -0.05) is 0 Å². The van der Waals surface area contributed by atoms with Crippen LogP contribution in [0.3, 0.4) is 0 Å². The second-order valence-electron chi connectivity index (χ2n) is 8.04. The van der Waals surface area contributed by atoms with Crippen LogP contribution in [0.5, 0.6) is 0 Å². The predicted molar refractivity (Wildman–Crippen MR) is 114 cm³/mol. The fourth-order valence-corrected chi connectivity index (χ4v) is 4.03. The summed E-state index contributed by atoms with van der Waals surface area (Å²) in [7, 11) is 1.99. The number of hydrazine groups is 1. The number of carbonyl (C=O) groups is 2. The van der Waals surface area contributed by atoms with E-state index in [-0.39, 0.29) is 24.5 Å². The fourth-order valence-electron chi connectivity index (χ4n) is 4.03. The number of cyclic esters (lactones) is 1. The number of alkyl halides is 2. The van der Waals surface area contributed by atoms with Gasteiger partial charge in [0.2, 0.25) is 0 Å². The zero-order valence-corrected chi connectivity index (χ0v) is 18.7. The normalized spacial score (nSPS) is 19.8. The van der Waals surface area contributed by atoms with Crippen LogP contribution in [0.25, 0.3) is 0 Å². The molecule has 0 aliphatic carbocycles. The van der Waals surface area contributed by atoms with Crippen LogP contribution in [0, 0.1) is 11.6 Å². The summed E-state index contributed by atoms with van der Waals surface area (Å²) in [6, 6.07) is 2.10. The van der Waals surface area contributed by atoms with Gasteiger partial charge in [0.25, 0.3) is 5.91 Å². The van der Waals surface area contributed by atoms with Crippen LogP contribution in [-0.2, 0) is 9.53 Å². The Morgan fingerprint density at radius 1 is 1.24 bits per heavy atom. The van der Waals surface area contributed by atoms with Crippen molar-refractivity contribution in [2.75, 3.05) is 62.7 Å². The van der Waals surface area contributed by atoms with E-state index in [2.05, 4.69) is 10.0 Å². The maximum Gasteiger partial charge on any atom is 0.414 e. The van der Waals surface area contributed by atoms with Crippen LogP contribution in [0.1, 0.15) is 19.8 Å². The highest BCUT2D eigenvalue weighted by Crippen LogP contribution is 2.31. The molecule has 0 aromatic heterocycles. The van der Waals surface area contributed by atoms with Gasteiger partial charge in [0.15, 0.2) is 11.6 Å². The molecule has 184 valence electrons. The molecule has 1 aromatic rings. The van der Waals surface area contributed by atoms with E-state index >= 15 is 0 Å². The van der Waals surface area contributed by atoms with Crippen LogP contribution in [0.15, 0.2) is 12.1 Å². The number of nitrogens with zero attached hydrogens (tertiary/aromatic N) is 4. The van der Waals surface area contributed by atoms with Crippen LogP contribution in [0.4, 0.5) is 33.7 Å². The summed E-state index contributed by atoms with van der Waals surface area (Å²) < 4.78 is 59.6. The molecule has 2 heterocycles. The van der Waals surface area contributed by atoms with E-state index in [1.807, 2.05) is 19.3 Å². The number of carbonyl (C=O) groups excluding carboxylic acids is 2. The maximum atomic E-state index is 15.0. The summed E-state index contributed by atoms with van der Waals surface area (Å²) >= 11 is 0. The third-order valence-corrected chi connectivity index (χ3v) is 5.85. The Balaban J connectivity index is 1.67. The average Bonchev–Trinajstić information content (AvgIpc) is 3.15. The molecule has 2 aliphatic rings. The summed E-state index contributed by atoms with van der Waals surface area (Å²) in [5, 5.41) is 6.23. The lowest BCUT2D eigenvalue weighted by molar-refractivity contribution is -0.132. The number of hydrogen-bond acceptors (Lipinski definition) is 6. The Hall–Kier alpha value is -2.60.